The Kier molecular flexibility index (Phi) is 5.83. The number of amides is 1. The Balaban J connectivity index is 1.63. The van der Waals surface area contributed by atoms with Crippen LogP contribution in [0.5, 0.6) is 0 Å². The van der Waals surface area contributed by atoms with Gasteiger partial charge in [-0.1, -0.05) is 24.3 Å². The fraction of sp³-hybridized carbons (Fsp3) is 0.350. The quantitative estimate of drug-likeness (QED) is 0.706. The maximum atomic E-state index is 12.4. The van der Waals surface area contributed by atoms with Gasteiger partial charge in [-0.25, -0.2) is 0 Å². The molecule has 1 aliphatic rings. The lowest BCUT2D eigenvalue weighted by Crippen LogP contribution is -2.27. The minimum atomic E-state index is 0.167. The first-order chi connectivity index (χ1) is 11.8. The SMILES string of the molecule is C=CCN(Cc1ccc(C(=O)N2CCCC2)cc1)Cc1cccs1. The standard InChI is InChI=1S/C20H24N2OS/c1-2-11-21(16-19-6-5-14-24-19)15-17-7-9-18(10-8-17)20(23)22-12-3-4-13-22/h2,5-10,14H,1,3-4,11-13,15-16H2. The maximum Gasteiger partial charge on any atom is 0.253 e. The third kappa shape index (κ3) is 4.34. The monoisotopic (exact) mass is 340 g/mol. The van der Waals surface area contributed by atoms with Gasteiger partial charge in [-0.2, -0.15) is 0 Å². The molecule has 0 unspecified atom stereocenters. The van der Waals surface area contributed by atoms with E-state index in [1.165, 1.54) is 10.4 Å². The fourth-order valence-corrected chi connectivity index (χ4v) is 3.85. The molecular weight excluding hydrogens is 316 g/mol. The molecule has 0 saturated carbocycles. The number of likely N-dealkylation sites (tertiary alicyclic amines) is 1. The molecule has 3 nitrogen and oxygen atoms in total. The number of benzene rings is 1. The van der Waals surface area contributed by atoms with E-state index in [1.807, 2.05) is 23.1 Å². The molecule has 2 aromatic rings. The van der Waals surface area contributed by atoms with Crippen molar-refractivity contribution < 1.29 is 4.79 Å². The first-order valence-electron chi connectivity index (χ1n) is 8.50. The van der Waals surface area contributed by atoms with Crippen LogP contribution in [0.25, 0.3) is 0 Å². The number of thiophene rings is 1. The van der Waals surface area contributed by atoms with Crippen molar-refractivity contribution in [2.24, 2.45) is 0 Å². The Morgan fingerprint density at radius 2 is 1.92 bits per heavy atom. The fourth-order valence-electron chi connectivity index (χ4n) is 3.10. The third-order valence-electron chi connectivity index (χ3n) is 4.35. The molecule has 4 heteroatoms. The minimum Gasteiger partial charge on any atom is -0.339 e. The van der Waals surface area contributed by atoms with Crippen LogP contribution in [0.1, 0.15) is 33.6 Å². The Morgan fingerprint density at radius 3 is 2.54 bits per heavy atom. The van der Waals surface area contributed by atoms with Crippen molar-refractivity contribution in [2.75, 3.05) is 19.6 Å². The van der Waals surface area contributed by atoms with Gasteiger partial charge in [0.1, 0.15) is 0 Å². The topological polar surface area (TPSA) is 23.6 Å². The van der Waals surface area contributed by atoms with Gasteiger partial charge in [0.05, 0.1) is 0 Å². The second-order valence-corrected chi connectivity index (χ2v) is 7.27. The molecular formula is C20H24N2OS. The van der Waals surface area contributed by atoms with Gasteiger partial charge >= 0.3 is 0 Å². The van der Waals surface area contributed by atoms with Crippen LogP contribution in [0.15, 0.2) is 54.4 Å². The first kappa shape index (κ1) is 16.9. The molecule has 1 amide bonds. The highest BCUT2D eigenvalue weighted by Crippen LogP contribution is 2.17. The maximum absolute atomic E-state index is 12.4. The molecule has 0 spiro atoms. The van der Waals surface area contributed by atoms with Crippen molar-refractivity contribution in [3.05, 3.63) is 70.4 Å². The van der Waals surface area contributed by atoms with E-state index < -0.39 is 0 Å². The molecule has 126 valence electrons. The van der Waals surface area contributed by atoms with E-state index in [1.54, 1.807) is 11.3 Å². The van der Waals surface area contributed by atoms with E-state index in [0.29, 0.717) is 0 Å². The van der Waals surface area contributed by atoms with Crippen LogP contribution in [-0.2, 0) is 13.1 Å². The smallest absolute Gasteiger partial charge is 0.253 e. The second kappa shape index (κ2) is 8.27. The zero-order valence-corrected chi connectivity index (χ0v) is 14.8. The lowest BCUT2D eigenvalue weighted by atomic mass is 10.1. The van der Waals surface area contributed by atoms with Gasteiger partial charge in [-0.15, -0.1) is 17.9 Å². The van der Waals surface area contributed by atoms with E-state index in [-0.39, 0.29) is 5.91 Å². The van der Waals surface area contributed by atoms with Gasteiger partial charge in [-0.3, -0.25) is 9.69 Å². The van der Waals surface area contributed by atoms with Crippen molar-refractivity contribution in [2.45, 2.75) is 25.9 Å². The number of nitrogens with zero attached hydrogens (tertiary/aromatic N) is 2. The van der Waals surface area contributed by atoms with Crippen LogP contribution in [-0.4, -0.2) is 35.3 Å². The predicted octanol–water partition coefficient (Wildman–Crippen LogP) is 4.17. The Hall–Kier alpha value is -1.91. The van der Waals surface area contributed by atoms with E-state index >= 15 is 0 Å². The van der Waals surface area contributed by atoms with Gasteiger partial charge in [0.25, 0.3) is 5.91 Å². The van der Waals surface area contributed by atoms with Crippen molar-refractivity contribution in [1.29, 1.82) is 0 Å². The summed E-state index contributed by atoms with van der Waals surface area (Å²) in [5.74, 6) is 0.167. The van der Waals surface area contributed by atoms with Crippen molar-refractivity contribution >= 4 is 17.2 Å². The van der Waals surface area contributed by atoms with Crippen molar-refractivity contribution in [3.8, 4) is 0 Å². The van der Waals surface area contributed by atoms with Crippen LogP contribution in [0, 0.1) is 0 Å². The molecule has 1 fully saturated rings. The molecule has 1 aromatic carbocycles. The number of carbonyl (C=O) groups excluding carboxylic acids is 1. The number of hydrogen-bond donors (Lipinski definition) is 0. The van der Waals surface area contributed by atoms with Crippen LogP contribution in [0.2, 0.25) is 0 Å². The lowest BCUT2D eigenvalue weighted by molar-refractivity contribution is 0.0793. The van der Waals surface area contributed by atoms with E-state index in [4.69, 9.17) is 0 Å². The van der Waals surface area contributed by atoms with E-state index in [9.17, 15) is 4.79 Å². The molecule has 0 radical (unpaired) electrons. The minimum absolute atomic E-state index is 0.167. The lowest BCUT2D eigenvalue weighted by Gasteiger charge is -2.20. The Morgan fingerprint density at radius 1 is 1.17 bits per heavy atom. The molecule has 1 saturated heterocycles. The average molecular weight is 340 g/mol. The van der Waals surface area contributed by atoms with Gasteiger partial charge in [0.15, 0.2) is 0 Å². The van der Waals surface area contributed by atoms with Crippen molar-refractivity contribution in [1.82, 2.24) is 9.80 Å². The van der Waals surface area contributed by atoms with Crippen LogP contribution in [0.3, 0.4) is 0 Å². The summed E-state index contributed by atoms with van der Waals surface area (Å²) in [7, 11) is 0. The zero-order chi connectivity index (χ0) is 16.8. The summed E-state index contributed by atoms with van der Waals surface area (Å²) in [6, 6.07) is 12.3. The van der Waals surface area contributed by atoms with Crippen LogP contribution in [0.4, 0.5) is 0 Å². The average Bonchev–Trinajstić information content (AvgIpc) is 3.29. The summed E-state index contributed by atoms with van der Waals surface area (Å²) in [6.45, 7) is 8.30. The Labute approximate surface area is 148 Å². The molecule has 0 atom stereocenters. The predicted molar refractivity (Wildman–Crippen MR) is 100 cm³/mol. The van der Waals surface area contributed by atoms with Crippen molar-refractivity contribution in [3.63, 3.8) is 0 Å². The molecule has 24 heavy (non-hydrogen) atoms. The number of hydrogen-bond acceptors (Lipinski definition) is 3. The summed E-state index contributed by atoms with van der Waals surface area (Å²) in [4.78, 5) is 18.1. The van der Waals surface area contributed by atoms with Gasteiger partial charge < -0.3 is 4.90 Å². The summed E-state index contributed by atoms with van der Waals surface area (Å²) in [5.41, 5.74) is 2.03. The first-order valence-corrected chi connectivity index (χ1v) is 9.38. The molecule has 3 rings (SSSR count). The third-order valence-corrected chi connectivity index (χ3v) is 5.21. The van der Waals surface area contributed by atoms with E-state index in [0.717, 1.165) is 51.1 Å². The molecule has 0 aliphatic carbocycles. The van der Waals surface area contributed by atoms with Gasteiger partial charge in [0.2, 0.25) is 0 Å². The van der Waals surface area contributed by atoms with E-state index in [2.05, 4.69) is 41.1 Å². The van der Waals surface area contributed by atoms with Gasteiger partial charge in [-0.05, 0) is 42.0 Å². The highest BCUT2D eigenvalue weighted by atomic mass is 32.1. The molecule has 1 aromatic heterocycles. The number of rotatable bonds is 7. The normalized spacial score (nSPS) is 14.3. The molecule has 0 bridgehead atoms. The largest absolute Gasteiger partial charge is 0.339 e. The summed E-state index contributed by atoms with van der Waals surface area (Å²) in [6.07, 6.45) is 4.20. The summed E-state index contributed by atoms with van der Waals surface area (Å²) >= 11 is 1.78. The summed E-state index contributed by atoms with van der Waals surface area (Å²) in [5, 5.41) is 2.11. The molecule has 1 aliphatic heterocycles. The Bertz CT molecular complexity index is 657. The summed E-state index contributed by atoms with van der Waals surface area (Å²) < 4.78 is 0. The van der Waals surface area contributed by atoms with Crippen LogP contribution >= 0.6 is 11.3 Å². The van der Waals surface area contributed by atoms with Gasteiger partial charge in [0, 0.05) is 43.2 Å². The van der Waals surface area contributed by atoms with Crippen LogP contribution < -0.4 is 0 Å². The number of carbonyl (C=O) groups is 1. The molecule has 0 N–H and O–H groups in total. The molecule has 2 heterocycles. The second-order valence-electron chi connectivity index (χ2n) is 6.23. The highest BCUT2D eigenvalue weighted by molar-refractivity contribution is 7.09. The zero-order valence-electron chi connectivity index (χ0n) is 14.0. The highest BCUT2D eigenvalue weighted by Gasteiger charge is 2.19.